The fraction of sp³-hybridized carbons (Fsp3) is 0.371. The van der Waals surface area contributed by atoms with Crippen molar-refractivity contribution in [1.29, 1.82) is 0 Å². The number of anilines is 1. The number of amides is 1. The van der Waals surface area contributed by atoms with E-state index in [1.165, 1.54) is 36.5 Å². The summed E-state index contributed by atoms with van der Waals surface area (Å²) in [5, 5.41) is 22.6. The zero-order valence-electron chi connectivity index (χ0n) is 26.5. The summed E-state index contributed by atoms with van der Waals surface area (Å²) in [5.41, 5.74) is -1.51. The minimum atomic E-state index is -1.20. The van der Waals surface area contributed by atoms with Gasteiger partial charge >= 0.3 is 6.01 Å². The number of aliphatic hydroxyl groups is 1. The second-order valence-corrected chi connectivity index (χ2v) is 12.5. The van der Waals surface area contributed by atoms with Crippen LogP contribution in [-0.2, 0) is 4.79 Å². The van der Waals surface area contributed by atoms with Crippen LogP contribution in [0.4, 0.5) is 14.6 Å². The first-order valence-electron chi connectivity index (χ1n) is 15.4. The van der Waals surface area contributed by atoms with Gasteiger partial charge in [0.2, 0.25) is 5.91 Å². The van der Waals surface area contributed by atoms with E-state index in [2.05, 4.69) is 32.4 Å². The maximum Gasteiger partial charge on any atom is 0.319 e. The molecule has 1 unspecified atom stereocenters. The number of ether oxygens (including phenoxy) is 1. The van der Waals surface area contributed by atoms with Gasteiger partial charge in [-0.2, -0.15) is 9.97 Å². The highest BCUT2D eigenvalue weighted by atomic mass is 19.1. The SMILES string of the molecule is C#Cc1c(F)ccc2cc(O)cc(-c3ncc4c(N(C)C[C@H]5N(C(=O)C=C)CCC5(C)O)nc(OC[C@@H]5CCCN5C)nc4c3F)c12. The number of benzene rings is 2. The molecule has 4 aromatic rings. The number of carbonyl (C=O) groups excluding carboxylic acids is 1. The van der Waals surface area contributed by atoms with Crippen LogP contribution in [0.1, 0.15) is 31.7 Å². The smallest absolute Gasteiger partial charge is 0.319 e. The average Bonchev–Trinajstić information content (AvgIpc) is 3.60. The highest BCUT2D eigenvalue weighted by Crippen LogP contribution is 2.39. The maximum absolute atomic E-state index is 16.8. The number of phenolic OH excluding ortho intramolecular Hbond substituents is 1. The molecule has 0 radical (unpaired) electrons. The van der Waals surface area contributed by atoms with E-state index in [0.717, 1.165) is 19.4 Å². The molecule has 2 fully saturated rings. The molecule has 0 aliphatic carbocycles. The van der Waals surface area contributed by atoms with Crippen molar-refractivity contribution in [3.05, 3.63) is 60.3 Å². The Morgan fingerprint density at radius 3 is 2.79 bits per heavy atom. The summed E-state index contributed by atoms with van der Waals surface area (Å²) in [7, 11) is 3.73. The number of nitrogens with zero attached hydrogens (tertiary/aromatic N) is 6. The third kappa shape index (κ3) is 5.81. The predicted molar refractivity (Wildman–Crippen MR) is 175 cm³/mol. The number of pyridine rings is 1. The summed E-state index contributed by atoms with van der Waals surface area (Å²) in [6, 6.07) is 4.80. The van der Waals surface area contributed by atoms with Crippen LogP contribution < -0.4 is 9.64 Å². The zero-order valence-corrected chi connectivity index (χ0v) is 26.5. The summed E-state index contributed by atoms with van der Waals surface area (Å²) < 4.78 is 37.6. The van der Waals surface area contributed by atoms with Crippen LogP contribution in [0.15, 0.2) is 43.1 Å². The molecule has 10 nitrogen and oxygen atoms in total. The molecule has 2 aliphatic heterocycles. The predicted octanol–water partition coefficient (Wildman–Crippen LogP) is 4.26. The molecule has 1 amide bonds. The number of phenols is 1. The van der Waals surface area contributed by atoms with Crippen molar-refractivity contribution < 1.29 is 28.5 Å². The summed E-state index contributed by atoms with van der Waals surface area (Å²) in [6.07, 6.45) is 10.6. The Morgan fingerprint density at radius 1 is 1.30 bits per heavy atom. The molecule has 47 heavy (non-hydrogen) atoms. The first kappa shape index (κ1) is 32.1. The van der Waals surface area contributed by atoms with Crippen LogP contribution in [0.2, 0.25) is 0 Å². The van der Waals surface area contributed by atoms with Gasteiger partial charge in [0, 0.05) is 43.3 Å². The zero-order chi connectivity index (χ0) is 33.6. The van der Waals surface area contributed by atoms with Gasteiger partial charge in [-0.1, -0.05) is 18.6 Å². The van der Waals surface area contributed by atoms with Crippen molar-refractivity contribution in [3.63, 3.8) is 0 Å². The van der Waals surface area contributed by atoms with E-state index in [-0.39, 0.29) is 75.8 Å². The quantitative estimate of drug-likeness (QED) is 0.215. The molecule has 0 bridgehead atoms. The average molecular weight is 643 g/mol. The lowest BCUT2D eigenvalue weighted by Crippen LogP contribution is -2.51. The number of carbonyl (C=O) groups is 1. The van der Waals surface area contributed by atoms with E-state index in [1.807, 2.05) is 7.05 Å². The van der Waals surface area contributed by atoms with Crippen molar-refractivity contribution >= 4 is 33.4 Å². The first-order chi connectivity index (χ1) is 22.4. The summed E-state index contributed by atoms with van der Waals surface area (Å²) >= 11 is 0. The third-order valence-electron chi connectivity index (χ3n) is 9.39. The van der Waals surface area contributed by atoms with Crippen LogP contribution in [0, 0.1) is 24.0 Å². The molecule has 4 heterocycles. The molecule has 2 N–H and O–H groups in total. The van der Waals surface area contributed by atoms with Crippen molar-refractivity contribution in [2.45, 2.75) is 43.9 Å². The summed E-state index contributed by atoms with van der Waals surface area (Å²) in [5.74, 6) is 0.607. The van der Waals surface area contributed by atoms with Gasteiger partial charge in [0.1, 0.15) is 35.2 Å². The molecule has 2 aliphatic rings. The molecular formula is C35H36F2N6O4. The largest absolute Gasteiger partial charge is 0.508 e. The standard InChI is InChI=1S/C35H36F2N6O4/c1-6-23-26(36)11-10-20-15-22(44)16-24(29(20)23)31-30(37)32-25(17-38-31)33(40-34(39-32)47-19-21-9-8-13-41(21)4)42(5)18-27-35(3,46)12-14-43(27)28(45)7-2/h1,7,10-11,15-17,21,27,44,46H,2,8-9,12-14,18-19H2,3-5H3/t21-,27+,35?/m0/s1. The monoisotopic (exact) mass is 642 g/mol. The Hall–Kier alpha value is -4.86. The number of likely N-dealkylation sites (tertiary alicyclic amines) is 2. The summed E-state index contributed by atoms with van der Waals surface area (Å²) in [4.78, 5) is 31.7. The van der Waals surface area contributed by atoms with Crippen molar-refractivity contribution in [2.75, 3.05) is 45.2 Å². The number of likely N-dealkylation sites (N-methyl/N-ethyl adjacent to an activating group) is 2. The van der Waals surface area contributed by atoms with E-state index in [0.29, 0.717) is 18.4 Å². The Kier molecular flexibility index (Phi) is 8.46. The van der Waals surface area contributed by atoms with Crippen molar-refractivity contribution in [1.82, 2.24) is 24.8 Å². The van der Waals surface area contributed by atoms with E-state index >= 15 is 4.39 Å². The second-order valence-electron chi connectivity index (χ2n) is 12.5. The lowest BCUT2D eigenvalue weighted by molar-refractivity contribution is -0.128. The van der Waals surface area contributed by atoms with Crippen LogP contribution in [0.25, 0.3) is 32.9 Å². The Bertz CT molecular complexity index is 1940. The molecule has 3 atom stereocenters. The normalized spacial score (nSPS) is 21.3. The van der Waals surface area contributed by atoms with Crippen LogP contribution in [-0.4, -0.2) is 98.9 Å². The maximum atomic E-state index is 16.8. The molecule has 0 saturated carbocycles. The fourth-order valence-electron chi connectivity index (χ4n) is 6.71. The van der Waals surface area contributed by atoms with E-state index in [1.54, 1.807) is 23.8 Å². The number of aromatic nitrogens is 3. The van der Waals surface area contributed by atoms with E-state index in [4.69, 9.17) is 11.2 Å². The van der Waals surface area contributed by atoms with Crippen LogP contribution in [0.3, 0.4) is 0 Å². The number of hydrogen-bond acceptors (Lipinski definition) is 9. The van der Waals surface area contributed by atoms with Crippen LogP contribution in [0.5, 0.6) is 11.8 Å². The molecule has 0 spiro atoms. The number of fused-ring (bicyclic) bond motifs is 2. The van der Waals surface area contributed by atoms with Crippen molar-refractivity contribution in [3.8, 4) is 35.4 Å². The molecule has 2 saturated heterocycles. The molecule has 12 heteroatoms. The Balaban J connectivity index is 1.49. The number of terminal acetylenes is 1. The molecule has 2 aromatic carbocycles. The molecular weight excluding hydrogens is 606 g/mol. The topological polar surface area (TPSA) is 115 Å². The number of aromatic hydroxyl groups is 1. The molecule has 6 rings (SSSR count). The highest BCUT2D eigenvalue weighted by Gasteiger charge is 2.44. The number of rotatable bonds is 8. The van der Waals surface area contributed by atoms with E-state index < -0.39 is 23.3 Å². The van der Waals surface area contributed by atoms with Gasteiger partial charge in [-0.3, -0.25) is 9.78 Å². The van der Waals surface area contributed by atoms with Gasteiger partial charge < -0.3 is 29.6 Å². The van der Waals surface area contributed by atoms with Gasteiger partial charge in [-0.15, -0.1) is 6.42 Å². The Labute approximate surface area is 271 Å². The second kappa shape index (κ2) is 12.4. The molecule has 2 aromatic heterocycles. The van der Waals surface area contributed by atoms with Gasteiger partial charge in [0.25, 0.3) is 0 Å². The van der Waals surface area contributed by atoms with Crippen LogP contribution >= 0.6 is 0 Å². The van der Waals surface area contributed by atoms with Gasteiger partial charge in [-0.25, -0.2) is 8.78 Å². The lowest BCUT2D eigenvalue weighted by Gasteiger charge is -2.35. The molecule has 244 valence electrons. The third-order valence-corrected chi connectivity index (χ3v) is 9.39. The highest BCUT2D eigenvalue weighted by molar-refractivity contribution is 6.03. The van der Waals surface area contributed by atoms with Crippen molar-refractivity contribution in [2.24, 2.45) is 0 Å². The number of hydrogen-bond donors (Lipinski definition) is 2. The summed E-state index contributed by atoms with van der Waals surface area (Å²) in [6.45, 7) is 6.98. The minimum absolute atomic E-state index is 0.0657. The minimum Gasteiger partial charge on any atom is -0.508 e. The fourth-order valence-corrected chi connectivity index (χ4v) is 6.71. The Morgan fingerprint density at radius 2 is 2.09 bits per heavy atom. The van der Waals surface area contributed by atoms with Gasteiger partial charge in [0.15, 0.2) is 5.82 Å². The lowest BCUT2D eigenvalue weighted by atomic mass is 9.95. The van der Waals surface area contributed by atoms with Gasteiger partial charge in [0.05, 0.1) is 22.6 Å². The first-order valence-corrected chi connectivity index (χ1v) is 15.4. The van der Waals surface area contributed by atoms with E-state index in [9.17, 15) is 19.4 Å². The number of halogens is 2. The van der Waals surface area contributed by atoms with Gasteiger partial charge in [-0.05, 0) is 69.4 Å².